The lowest BCUT2D eigenvalue weighted by Gasteiger charge is -2.13. The van der Waals surface area contributed by atoms with E-state index < -0.39 is 0 Å². The number of ether oxygens (including phenoxy) is 1. The van der Waals surface area contributed by atoms with Crippen LogP contribution in [0.2, 0.25) is 0 Å². The first kappa shape index (κ1) is 14.3. The van der Waals surface area contributed by atoms with Crippen LogP contribution in [0.5, 0.6) is 0 Å². The van der Waals surface area contributed by atoms with E-state index >= 15 is 0 Å². The van der Waals surface area contributed by atoms with E-state index in [0.717, 1.165) is 19.1 Å². The summed E-state index contributed by atoms with van der Waals surface area (Å²) in [5.74, 6) is 1.43. The quantitative estimate of drug-likeness (QED) is 0.684. The van der Waals surface area contributed by atoms with Gasteiger partial charge in [-0.3, -0.25) is 0 Å². The molecule has 1 aliphatic rings. The van der Waals surface area contributed by atoms with Gasteiger partial charge >= 0.3 is 6.01 Å². The van der Waals surface area contributed by atoms with Crippen molar-refractivity contribution in [1.82, 2.24) is 15.5 Å². The van der Waals surface area contributed by atoms with Gasteiger partial charge < -0.3 is 19.4 Å². The van der Waals surface area contributed by atoms with Crippen molar-refractivity contribution in [3.05, 3.63) is 5.89 Å². The number of rotatable bonds is 9. The molecule has 19 heavy (non-hydrogen) atoms. The van der Waals surface area contributed by atoms with Gasteiger partial charge in [0.15, 0.2) is 0 Å². The molecule has 1 heterocycles. The molecule has 108 valence electrons. The molecule has 1 fully saturated rings. The molecule has 1 aromatic rings. The van der Waals surface area contributed by atoms with Gasteiger partial charge in [0.2, 0.25) is 5.89 Å². The van der Waals surface area contributed by atoms with E-state index in [1.807, 2.05) is 11.9 Å². The lowest BCUT2D eigenvalue weighted by molar-refractivity contribution is 0.130. The summed E-state index contributed by atoms with van der Waals surface area (Å²) in [4.78, 5) is 1.93. The largest absolute Gasteiger partial charge is 0.407 e. The molecule has 1 aromatic heterocycles. The number of nitrogens with one attached hydrogen (secondary N) is 1. The zero-order chi connectivity index (χ0) is 13.7. The molecular formula is C13H24N4O2. The Labute approximate surface area is 114 Å². The van der Waals surface area contributed by atoms with Crippen LogP contribution in [0.4, 0.5) is 6.01 Å². The minimum Gasteiger partial charge on any atom is -0.407 e. The molecule has 0 bridgehead atoms. The number of aromatic nitrogens is 2. The zero-order valence-corrected chi connectivity index (χ0v) is 12.1. The Kier molecular flexibility index (Phi) is 5.15. The molecular weight excluding hydrogens is 244 g/mol. The van der Waals surface area contributed by atoms with Crippen molar-refractivity contribution in [2.24, 2.45) is 5.92 Å². The average molecular weight is 268 g/mol. The fourth-order valence-electron chi connectivity index (χ4n) is 1.59. The normalized spacial score (nSPS) is 15.2. The Morgan fingerprint density at radius 3 is 2.89 bits per heavy atom. The molecule has 0 spiro atoms. The first-order chi connectivity index (χ1) is 9.15. The SMILES string of the molecule is CC(C)NCc1nnc(N(C)CCOCC2CC2)o1. The highest BCUT2D eigenvalue weighted by molar-refractivity contribution is 5.21. The van der Waals surface area contributed by atoms with E-state index in [1.54, 1.807) is 0 Å². The van der Waals surface area contributed by atoms with Gasteiger partial charge in [-0.1, -0.05) is 18.9 Å². The fraction of sp³-hybridized carbons (Fsp3) is 0.846. The Morgan fingerprint density at radius 1 is 1.42 bits per heavy atom. The van der Waals surface area contributed by atoms with E-state index in [0.29, 0.717) is 31.1 Å². The van der Waals surface area contributed by atoms with Crippen LogP contribution in [0.3, 0.4) is 0 Å². The van der Waals surface area contributed by atoms with Crippen molar-refractivity contribution in [2.45, 2.75) is 39.3 Å². The summed E-state index contributed by atoms with van der Waals surface area (Å²) in [6.45, 7) is 7.14. The predicted molar refractivity (Wildman–Crippen MR) is 73.1 cm³/mol. The Hall–Kier alpha value is -1.14. The summed E-state index contributed by atoms with van der Waals surface area (Å²) in [5, 5.41) is 11.3. The molecule has 0 radical (unpaired) electrons. The molecule has 0 unspecified atom stereocenters. The molecule has 6 heteroatoms. The van der Waals surface area contributed by atoms with Crippen LogP contribution in [0.25, 0.3) is 0 Å². The minimum atomic E-state index is 0.406. The van der Waals surface area contributed by atoms with Crippen molar-refractivity contribution in [2.75, 3.05) is 31.7 Å². The number of likely N-dealkylation sites (N-methyl/N-ethyl adjacent to an activating group) is 1. The summed E-state index contributed by atoms with van der Waals surface area (Å²) >= 11 is 0. The molecule has 0 aliphatic heterocycles. The molecule has 0 amide bonds. The highest BCUT2D eigenvalue weighted by Gasteiger charge is 2.21. The second-order valence-electron chi connectivity index (χ2n) is 5.45. The average Bonchev–Trinajstić information content (AvgIpc) is 3.07. The maximum atomic E-state index is 5.59. The van der Waals surface area contributed by atoms with Crippen molar-refractivity contribution >= 4 is 6.01 Å². The van der Waals surface area contributed by atoms with Gasteiger partial charge in [0, 0.05) is 26.2 Å². The topological polar surface area (TPSA) is 63.4 Å². The van der Waals surface area contributed by atoms with Gasteiger partial charge in [-0.2, -0.15) is 0 Å². The number of nitrogens with zero attached hydrogens (tertiary/aromatic N) is 3. The number of anilines is 1. The second kappa shape index (κ2) is 6.86. The van der Waals surface area contributed by atoms with Gasteiger partial charge in [0.25, 0.3) is 0 Å². The fourth-order valence-corrected chi connectivity index (χ4v) is 1.59. The van der Waals surface area contributed by atoms with Gasteiger partial charge in [0.05, 0.1) is 13.2 Å². The third-order valence-electron chi connectivity index (χ3n) is 3.07. The van der Waals surface area contributed by atoms with Crippen molar-refractivity contribution in [3.8, 4) is 0 Å². The smallest absolute Gasteiger partial charge is 0.318 e. The predicted octanol–water partition coefficient (Wildman–Crippen LogP) is 1.43. The molecule has 1 aliphatic carbocycles. The van der Waals surface area contributed by atoms with Crippen LogP contribution in [0, 0.1) is 5.92 Å². The number of hydrogen-bond acceptors (Lipinski definition) is 6. The lowest BCUT2D eigenvalue weighted by atomic mass is 10.4. The summed E-state index contributed by atoms with van der Waals surface area (Å²) in [7, 11) is 1.94. The second-order valence-corrected chi connectivity index (χ2v) is 5.45. The highest BCUT2D eigenvalue weighted by Crippen LogP contribution is 2.28. The molecule has 6 nitrogen and oxygen atoms in total. The van der Waals surface area contributed by atoms with E-state index in [4.69, 9.17) is 9.15 Å². The first-order valence-electron chi connectivity index (χ1n) is 7.00. The third kappa shape index (κ3) is 5.16. The molecule has 0 aromatic carbocycles. The zero-order valence-electron chi connectivity index (χ0n) is 12.1. The summed E-state index contributed by atoms with van der Waals surface area (Å²) in [6.07, 6.45) is 2.65. The van der Waals surface area contributed by atoms with Crippen LogP contribution >= 0.6 is 0 Å². The molecule has 1 saturated carbocycles. The van der Waals surface area contributed by atoms with E-state index in [9.17, 15) is 0 Å². The van der Waals surface area contributed by atoms with Crippen LogP contribution < -0.4 is 10.2 Å². The minimum absolute atomic E-state index is 0.406. The van der Waals surface area contributed by atoms with Crippen LogP contribution in [-0.4, -0.2) is 43.0 Å². The maximum absolute atomic E-state index is 5.59. The van der Waals surface area contributed by atoms with Gasteiger partial charge in [-0.25, -0.2) is 0 Å². The van der Waals surface area contributed by atoms with Crippen molar-refractivity contribution in [3.63, 3.8) is 0 Å². The molecule has 0 saturated heterocycles. The lowest BCUT2D eigenvalue weighted by Crippen LogP contribution is -2.23. The summed E-state index contributed by atoms with van der Waals surface area (Å²) < 4.78 is 11.2. The van der Waals surface area contributed by atoms with E-state index in [1.165, 1.54) is 12.8 Å². The first-order valence-corrected chi connectivity index (χ1v) is 7.00. The summed E-state index contributed by atoms with van der Waals surface area (Å²) in [5.41, 5.74) is 0. The van der Waals surface area contributed by atoms with E-state index in [2.05, 4.69) is 29.4 Å². The molecule has 1 N–H and O–H groups in total. The van der Waals surface area contributed by atoms with Gasteiger partial charge in [-0.05, 0) is 18.8 Å². The van der Waals surface area contributed by atoms with E-state index in [-0.39, 0.29) is 0 Å². The Morgan fingerprint density at radius 2 is 2.21 bits per heavy atom. The standard InChI is InChI=1S/C13H24N4O2/c1-10(2)14-8-12-15-16-13(19-12)17(3)6-7-18-9-11-4-5-11/h10-11,14H,4-9H2,1-3H3. The monoisotopic (exact) mass is 268 g/mol. The van der Waals surface area contributed by atoms with Crippen molar-refractivity contribution < 1.29 is 9.15 Å². The van der Waals surface area contributed by atoms with Gasteiger partial charge in [0.1, 0.15) is 0 Å². The van der Waals surface area contributed by atoms with Crippen LogP contribution in [0.15, 0.2) is 4.42 Å². The Bertz CT molecular complexity index is 376. The van der Waals surface area contributed by atoms with Crippen LogP contribution in [0.1, 0.15) is 32.6 Å². The maximum Gasteiger partial charge on any atom is 0.318 e. The van der Waals surface area contributed by atoms with Crippen molar-refractivity contribution in [1.29, 1.82) is 0 Å². The van der Waals surface area contributed by atoms with Gasteiger partial charge in [-0.15, -0.1) is 5.10 Å². The molecule has 0 atom stereocenters. The molecule has 2 rings (SSSR count). The Balaban J connectivity index is 1.67. The third-order valence-corrected chi connectivity index (χ3v) is 3.07. The number of hydrogen-bond donors (Lipinski definition) is 1. The highest BCUT2D eigenvalue weighted by atomic mass is 16.5. The summed E-state index contributed by atoms with van der Waals surface area (Å²) in [6, 6.07) is 0.958. The van der Waals surface area contributed by atoms with Crippen LogP contribution in [-0.2, 0) is 11.3 Å².